The minimum Gasteiger partial charge on any atom is -0.342 e. The Labute approximate surface area is 182 Å². The zero-order valence-corrected chi connectivity index (χ0v) is 18.7. The number of aryl methyl sites for hydroxylation is 2. The molecule has 1 atom stereocenters. The van der Waals surface area contributed by atoms with Crippen LogP contribution in [0.5, 0.6) is 0 Å². The van der Waals surface area contributed by atoms with Gasteiger partial charge in [-0.05, 0) is 55.9 Å². The highest BCUT2D eigenvalue weighted by molar-refractivity contribution is 7.99. The minimum absolute atomic E-state index is 0.183. The van der Waals surface area contributed by atoms with Gasteiger partial charge in [-0.15, -0.1) is 10.2 Å². The molecule has 156 valence electrons. The Bertz CT molecular complexity index is 1030. The third-order valence-corrected chi connectivity index (χ3v) is 6.66. The van der Waals surface area contributed by atoms with E-state index in [1.807, 2.05) is 35.2 Å². The van der Waals surface area contributed by atoms with Gasteiger partial charge in [0.25, 0.3) is 0 Å². The molecule has 0 spiro atoms. The normalized spacial score (nSPS) is 16.6. The Morgan fingerprint density at radius 3 is 2.63 bits per heavy atom. The molecule has 1 aliphatic rings. The predicted octanol–water partition coefficient (Wildman–Crippen LogP) is 4.90. The number of piperidine rings is 1. The van der Waals surface area contributed by atoms with Crippen LogP contribution in [-0.2, 0) is 4.79 Å². The summed E-state index contributed by atoms with van der Waals surface area (Å²) in [6, 6.07) is 16.4. The summed E-state index contributed by atoms with van der Waals surface area (Å²) in [5.41, 5.74) is 4.49. The average Bonchev–Trinajstić information content (AvgIpc) is 3.18. The fourth-order valence-electron chi connectivity index (χ4n) is 3.87. The number of amides is 1. The number of nitrogens with zero attached hydrogens (tertiary/aromatic N) is 4. The molecule has 30 heavy (non-hydrogen) atoms. The molecular formula is C24H28N4OS. The topological polar surface area (TPSA) is 51.0 Å². The number of hydrogen-bond donors (Lipinski definition) is 0. The molecular weight excluding hydrogens is 392 g/mol. The first kappa shape index (κ1) is 20.7. The van der Waals surface area contributed by atoms with Crippen molar-refractivity contribution >= 4 is 17.7 Å². The van der Waals surface area contributed by atoms with Crippen molar-refractivity contribution in [2.24, 2.45) is 5.92 Å². The molecule has 2 aromatic carbocycles. The summed E-state index contributed by atoms with van der Waals surface area (Å²) in [4.78, 5) is 14.8. The van der Waals surface area contributed by atoms with Gasteiger partial charge in [0, 0.05) is 18.7 Å². The van der Waals surface area contributed by atoms with Crippen LogP contribution in [0.25, 0.3) is 17.1 Å². The van der Waals surface area contributed by atoms with Gasteiger partial charge in [0.2, 0.25) is 5.91 Å². The molecule has 0 bridgehead atoms. The third kappa shape index (κ3) is 4.43. The van der Waals surface area contributed by atoms with Gasteiger partial charge in [0.1, 0.15) is 0 Å². The number of hydrogen-bond acceptors (Lipinski definition) is 4. The fourth-order valence-corrected chi connectivity index (χ4v) is 4.72. The van der Waals surface area contributed by atoms with Crippen LogP contribution < -0.4 is 0 Å². The number of carbonyl (C=O) groups is 1. The van der Waals surface area contributed by atoms with E-state index in [2.05, 4.69) is 53.7 Å². The first-order valence-electron chi connectivity index (χ1n) is 10.5. The lowest BCUT2D eigenvalue weighted by molar-refractivity contribution is -0.130. The standard InChI is InChI=1S/C24H28N4OS/c1-17-8-7-13-27(15-17)22(29)16-30-24-26-25-23(20-9-5-4-6-10-20)28(24)21-12-11-18(2)19(3)14-21/h4-6,9-12,14,17H,7-8,13,15-16H2,1-3H3/t17-/m1/s1. The summed E-state index contributed by atoms with van der Waals surface area (Å²) in [5.74, 6) is 1.93. The second-order valence-corrected chi connectivity index (χ2v) is 9.09. The van der Waals surface area contributed by atoms with E-state index in [9.17, 15) is 4.79 Å². The second-order valence-electron chi connectivity index (χ2n) is 8.15. The van der Waals surface area contributed by atoms with Crippen LogP contribution in [0.3, 0.4) is 0 Å². The van der Waals surface area contributed by atoms with Crippen LogP contribution >= 0.6 is 11.8 Å². The molecule has 1 fully saturated rings. The lowest BCUT2D eigenvalue weighted by atomic mass is 10.0. The van der Waals surface area contributed by atoms with E-state index in [1.165, 1.54) is 29.3 Å². The molecule has 3 aromatic rings. The van der Waals surface area contributed by atoms with Crippen molar-refractivity contribution in [3.8, 4) is 17.1 Å². The maximum absolute atomic E-state index is 12.8. The quantitative estimate of drug-likeness (QED) is 0.551. The molecule has 0 aliphatic carbocycles. The van der Waals surface area contributed by atoms with E-state index in [-0.39, 0.29) is 5.91 Å². The van der Waals surface area contributed by atoms with Gasteiger partial charge in [0.05, 0.1) is 11.4 Å². The number of rotatable bonds is 5. The number of carbonyl (C=O) groups excluding carboxylic acids is 1. The van der Waals surface area contributed by atoms with Crippen LogP contribution in [-0.4, -0.2) is 44.4 Å². The fraction of sp³-hybridized carbons (Fsp3) is 0.375. The number of likely N-dealkylation sites (tertiary alicyclic amines) is 1. The molecule has 0 saturated carbocycles. The largest absolute Gasteiger partial charge is 0.342 e. The van der Waals surface area contributed by atoms with Crippen molar-refractivity contribution in [3.05, 3.63) is 59.7 Å². The van der Waals surface area contributed by atoms with Gasteiger partial charge >= 0.3 is 0 Å². The average molecular weight is 421 g/mol. The molecule has 4 rings (SSSR count). The smallest absolute Gasteiger partial charge is 0.233 e. The van der Waals surface area contributed by atoms with Crippen LogP contribution in [0.1, 0.15) is 30.9 Å². The first-order valence-corrected chi connectivity index (χ1v) is 11.5. The Hall–Kier alpha value is -2.60. The highest BCUT2D eigenvalue weighted by atomic mass is 32.2. The summed E-state index contributed by atoms with van der Waals surface area (Å²) < 4.78 is 2.07. The zero-order valence-electron chi connectivity index (χ0n) is 17.8. The highest BCUT2D eigenvalue weighted by Crippen LogP contribution is 2.29. The van der Waals surface area contributed by atoms with Crippen molar-refractivity contribution in [1.29, 1.82) is 0 Å². The third-order valence-electron chi connectivity index (χ3n) is 5.75. The Kier molecular flexibility index (Phi) is 6.23. The van der Waals surface area contributed by atoms with Crippen LogP contribution in [0.2, 0.25) is 0 Å². The second kappa shape index (κ2) is 9.04. The predicted molar refractivity (Wildman–Crippen MR) is 122 cm³/mol. The summed E-state index contributed by atoms with van der Waals surface area (Å²) >= 11 is 1.47. The Morgan fingerprint density at radius 1 is 1.10 bits per heavy atom. The van der Waals surface area contributed by atoms with Crippen LogP contribution in [0.15, 0.2) is 53.7 Å². The summed E-state index contributed by atoms with van der Waals surface area (Å²) in [6.07, 6.45) is 2.30. The van der Waals surface area contributed by atoms with Crippen LogP contribution in [0.4, 0.5) is 0 Å². The molecule has 1 aromatic heterocycles. The maximum atomic E-state index is 12.8. The molecule has 0 N–H and O–H groups in total. The number of thioether (sulfide) groups is 1. The van der Waals surface area contributed by atoms with Gasteiger partial charge in [-0.1, -0.05) is 55.1 Å². The zero-order chi connectivity index (χ0) is 21.1. The van der Waals surface area contributed by atoms with Gasteiger partial charge < -0.3 is 4.90 Å². The van der Waals surface area contributed by atoms with E-state index in [4.69, 9.17) is 0 Å². The lowest BCUT2D eigenvalue weighted by Crippen LogP contribution is -2.40. The number of benzene rings is 2. The highest BCUT2D eigenvalue weighted by Gasteiger charge is 2.23. The van der Waals surface area contributed by atoms with Gasteiger partial charge in [-0.2, -0.15) is 0 Å². The van der Waals surface area contributed by atoms with Gasteiger partial charge in [-0.3, -0.25) is 9.36 Å². The number of aromatic nitrogens is 3. The van der Waals surface area contributed by atoms with Crippen molar-refractivity contribution < 1.29 is 4.79 Å². The Balaban J connectivity index is 1.63. The minimum atomic E-state index is 0.183. The van der Waals surface area contributed by atoms with Gasteiger partial charge in [-0.25, -0.2) is 0 Å². The lowest BCUT2D eigenvalue weighted by Gasteiger charge is -2.30. The van der Waals surface area contributed by atoms with E-state index in [0.29, 0.717) is 11.7 Å². The maximum Gasteiger partial charge on any atom is 0.233 e. The van der Waals surface area contributed by atoms with E-state index >= 15 is 0 Å². The van der Waals surface area contributed by atoms with Crippen molar-refractivity contribution in [3.63, 3.8) is 0 Å². The Morgan fingerprint density at radius 2 is 1.90 bits per heavy atom. The molecule has 1 aliphatic heterocycles. The monoisotopic (exact) mass is 420 g/mol. The van der Waals surface area contributed by atoms with E-state index in [0.717, 1.165) is 41.7 Å². The molecule has 5 nitrogen and oxygen atoms in total. The van der Waals surface area contributed by atoms with Gasteiger partial charge in [0.15, 0.2) is 11.0 Å². The van der Waals surface area contributed by atoms with Crippen molar-refractivity contribution in [2.45, 2.75) is 38.8 Å². The molecule has 6 heteroatoms. The summed E-state index contributed by atoms with van der Waals surface area (Å²) in [6.45, 7) is 8.16. The summed E-state index contributed by atoms with van der Waals surface area (Å²) in [7, 11) is 0. The molecule has 0 unspecified atom stereocenters. The summed E-state index contributed by atoms with van der Waals surface area (Å²) in [5, 5.41) is 9.69. The molecule has 0 radical (unpaired) electrons. The van der Waals surface area contributed by atoms with Crippen molar-refractivity contribution in [2.75, 3.05) is 18.8 Å². The molecule has 2 heterocycles. The van der Waals surface area contributed by atoms with E-state index < -0.39 is 0 Å². The van der Waals surface area contributed by atoms with Crippen LogP contribution in [0, 0.1) is 19.8 Å². The van der Waals surface area contributed by atoms with E-state index in [1.54, 1.807) is 0 Å². The van der Waals surface area contributed by atoms with Crippen molar-refractivity contribution in [1.82, 2.24) is 19.7 Å². The SMILES string of the molecule is Cc1ccc(-n2c(SCC(=O)N3CCC[C@@H](C)C3)nnc2-c2ccccc2)cc1C. The molecule has 1 amide bonds. The first-order chi connectivity index (χ1) is 14.5. The molecule has 1 saturated heterocycles.